The van der Waals surface area contributed by atoms with Crippen molar-refractivity contribution in [3.05, 3.63) is 94.6 Å². The second-order valence-corrected chi connectivity index (χ2v) is 12.8. The Balaban J connectivity index is 1.29. The summed E-state index contributed by atoms with van der Waals surface area (Å²) in [6, 6.07) is 15.1. The van der Waals surface area contributed by atoms with Crippen LogP contribution in [-0.2, 0) is 13.0 Å². The normalized spacial score (nSPS) is 25.9. The number of piperidine rings is 1. The van der Waals surface area contributed by atoms with Crippen LogP contribution < -0.4 is 14.8 Å². The standard InChI is InChI=1S/C35H39F5N2O2/c1-23-15-25-16-26(43-20-24-7-3-2-4-8-24)10-11-29(25)33(42(23)22-35(38,39)40)32-30(36)17-28(18-31(32)37)44-27-9-5-12-34(19-27)13-6-14-41-21-34/h2-4,7-8,10-11,16-18,23,27,33,41H,5-6,9,12-15,19-22H2,1H3/t23-,27?,33?,34?/m1/s1. The van der Waals surface area contributed by atoms with E-state index in [1.807, 2.05) is 30.3 Å². The number of nitrogens with zero attached hydrogens (tertiary/aromatic N) is 1. The third-order valence-electron chi connectivity index (χ3n) is 9.52. The van der Waals surface area contributed by atoms with Gasteiger partial charge in [0.25, 0.3) is 0 Å². The zero-order valence-corrected chi connectivity index (χ0v) is 24.9. The van der Waals surface area contributed by atoms with E-state index in [2.05, 4.69) is 5.32 Å². The van der Waals surface area contributed by atoms with E-state index in [9.17, 15) is 13.2 Å². The fourth-order valence-corrected chi connectivity index (χ4v) is 7.49. The molecule has 0 bridgehead atoms. The molecule has 3 unspecified atom stereocenters. The number of hydrogen-bond acceptors (Lipinski definition) is 4. The van der Waals surface area contributed by atoms with E-state index in [-0.39, 0.29) is 23.7 Å². The van der Waals surface area contributed by atoms with Gasteiger partial charge >= 0.3 is 6.18 Å². The number of fused-ring (bicyclic) bond motifs is 1. The monoisotopic (exact) mass is 614 g/mol. The molecule has 9 heteroatoms. The molecule has 1 spiro atoms. The largest absolute Gasteiger partial charge is 0.490 e. The molecule has 1 saturated carbocycles. The van der Waals surface area contributed by atoms with Crippen LogP contribution in [0, 0.1) is 17.0 Å². The summed E-state index contributed by atoms with van der Waals surface area (Å²) in [5.74, 6) is -1.20. The molecule has 0 amide bonds. The summed E-state index contributed by atoms with van der Waals surface area (Å²) >= 11 is 0. The van der Waals surface area contributed by atoms with Crippen molar-refractivity contribution in [2.24, 2.45) is 5.41 Å². The molecule has 0 aromatic heterocycles. The Bertz CT molecular complexity index is 1410. The molecular formula is C35H39F5N2O2. The molecule has 2 fully saturated rings. The van der Waals surface area contributed by atoms with Crippen LogP contribution in [0.25, 0.3) is 0 Å². The predicted molar refractivity (Wildman–Crippen MR) is 159 cm³/mol. The average Bonchev–Trinajstić information content (AvgIpc) is 2.97. The van der Waals surface area contributed by atoms with Gasteiger partial charge in [-0.1, -0.05) is 36.4 Å². The van der Waals surface area contributed by atoms with Crippen molar-refractivity contribution < 1.29 is 31.4 Å². The lowest BCUT2D eigenvalue weighted by Crippen LogP contribution is -2.47. The second-order valence-electron chi connectivity index (χ2n) is 12.8. The molecule has 1 aliphatic carbocycles. The minimum Gasteiger partial charge on any atom is -0.490 e. The Labute approximate surface area is 255 Å². The number of halogens is 5. The first kappa shape index (κ1) is 30.8. The minimum atomic E-state index is -4.55. The topological polar surface area (TPSA) is 33.7 Å². The Morgan fingerprint density at radius 1 is 0.955 bits per heavy atom. The van der Waals surface area contributed by atoms with E-state index in [4.69, 9.17) is 9.47 Å². The molecule has 4 nitrogen and oxygen atoms in total. The van der Waals surface area contributed by atoms with Crippen LogP contribution in [0.4, 0.5) is 22.0 Å². The summed E-state index contributed by atoms with van der Waals surface area (Å²) in [6.07, 6.45) is 1.47. The molecule has 3 aromatic rings. The van der Waals surface area contributed by atoms with E-state index in [1.165, 1.54) is 0 Å². The lowest BCUT2D eigenvalue weighted by atomic mass is 9.69. The molecule has 44 heavy (non-hydrogen) atoms. The molecule has 3 aromatic carbocycles. The first-order chi connectivity index (χ1) is 21.1. The molecule has 4 atom stereocenters. The Morgan fingerprint density at radius 3 is 2.41 bits per heavy atom. The lowest BCUT2D eigenvalue weighted by molar-refractivity contribution is -0.155. The van der Waals surface area contributed by atoms with Crippen molar-refractivity contribution in [3.63, 3.8) is 0 Å². The van der Waals surface area contributed by atoms with Gasteiger partial charge in [0.15, 0.2) is 0 Å². The fourth-order valence-electron chi connectivity index (χ4n) is 7.49. The molecule has 1 N–H and O–H groups in total. The van der Waals surface area contributed by atoms with Gasteiger partial charge in [-0.3, -0.25) is 4.90 Å². The van der Waals surface area contributed by atoms with Gasteiger partial charge in [0.2, 0.25) is 0 Å². The van der Waals surface area contributed by atoms with Crippen LogP contribution in [0.5, 0.6) is 11.5 Å². The van der Waals surface area contributed by atoms with Gasteiger partial charge in [0, 0.05) is 30.3 Å². The number of nitrogens with one attached hydrogen (secondary N) is 1. The highest BCUT2D eigenvalue weighted by Gasteiger charge is 2.43. The number of rotatable bonds is 7. The van der Waals surface area contributed by atoms with E-state index >= 15 is 8.78 Å². The third kappa shape index (κ3) is 6.89. The maximum Gasteiger partial charge on any atom is 0.401 e. The molecule has 1 saturated heterocycles. The van der Waals surface area contributed by atoms with Crippen molar-refractivity contribution in [2.75, 3.05) is 19.6 Å². The van der Waals surface area contributed by atoms with Crippen molar-refractivity contribution >= 4 is 0 Å². The molecule has 3 aliphatic rings. The number of hydrogen-bond donors (Lipinski definition) is 1. The van der Waals surface area contributed by atoms with Gasteiger partial charge < -0.3 is 14.8 Å². The quantitative estimate of drug-likeness (QED) is 0.273. The van der Waals surface area contributed by atoms with E-state index < -0.39 is 42.0 Å². The van der Waals surface area contributed by atoms with Gasteiger partial charge in [-0.15, -0.1) is 0 Å². The molecule has 2 aliphatic heterocycles. The van der Waals surface area contributed by atoms with Gasteiger partial charge in [0.05, 0.1) is 18.7 Å². The second kappa shape index (κ2) is 12.7. The maximum atomic E-state index is 16.0. The Hall–Kier alpha value is -3.17. The number of benzene rings is 3. The van der Waals surface area contributed by atoms with Crippen LogP contribution in [0.15, 0.2) is 60.7 Å². The van der Waals surface area contributed by atoms with Gasteiger partial charge in [0.1, 0.15) is 29.7 Å². The van der Waals surface area contributed by atoms with Gasteiger partial charge in [-0.2, -0.15) is 13.2 Å². The van der Waals surface area contributed by atoms with Crippen molar-refractivity contribution in [1.29, 1.82) is 0 Å². The summed E-state index contributed by atoms with van der Waals surface area (Å²) in [5, 5.41) is 3.47. The van der Waals surface area contributed by atoms with Gasteiger partial charge in [-0.25, -0.2) is 8.78 Å². The number of ether oxygens (including phenoxy) is 2. The number of alkyl halides is 3. The molecule has 2 heterocycles. The molecule has 236 valence electrons. The maximum absolute atomic E-state index is 16.0. The summed E-state index contributed by atoms with van der Waals surface area (Å²) in [7, 11) is 0. The van der Waals surface area contributed by atoms with Crippen LogP contribution in [0.3, 0.4) is 0 Å². The van der Waals surface area contributed by atoms with E-state index in [1.54, 1.807) is 25.1 Å². The Morgan fingerprint density at radius 2 is 1.70 bits per heavy atom. The third-order valence-corrected chi connectivity index (χ3v) is 9.52. The highest BCUT2D eigenvalue weighted by Crippen LogP contribution is 2.45. The summed E-state index contributed by atoms with van der Waals surface area (Å²) in [6.45, 7) is 2.61. The predicted octanol–water partition coefficient (Wildman–Crippen LogP) is 8.13. The van der Waals surface area contributed by atoms with Crippen LogP contribution >= 0.6 is 0 Å². The molecule has 0 radical (unpaired) electrons. The highest BCUT2D eigenvalue weighted by molar-refractivity contribution is 5.46. The first-order valence-electron chi connectivity index (χ1n) is 15.6. The van der Waals surface area contributed by atoms with Gasteiger partial charge in [-0.05, 0) is 92.7 Å². The SMILES string of the molecule is C[C@@H]1Cc2cc(OCc3ccccc3)ccc2C(c2c(F)cc(OC3CCCC4(CCCNC4)C3)cc2F)N1CC(F)(F)F. The fraction of sp³-hybridized carbons (Fsp3) is 0.486. The highest BCUT2D eigenvalue weighted by atomic mass is 19.4. The zero-order valence-electron chi connectivity index (χ0n) is 24.9. The smallest absolute Gasteiger partial charge is 0.401 e. The summed E-state index contributed by atoms with van der Waals surface area (Å²) in [4.78, 5) is 1.15. The average molecular weight is 615 g/mol. The van der Waals surface area contributed by atoms with Crippen molar-refractivity contribution in [1.82, 2.24) is 10.2 Å². The minimum absolute atomic E-state index is 0.0747. The van der Waals surface area contributed by atoms with Crippen molar-refractivity contribution in [2.45, 2.75) is 82.8 Å². The van der Waals surface area contributed by atoms with Crippen LogP contribution in [0.1, 0.15) is 73.7 Å². The first-order valence-corrected chi connectivity index (χ1v) is 15.6. The summed E-state index contributed by atoms with van der Waals surface area (Å²) < 4.78 is 85.4. The van der Waals surface area contributed by atoms with E-state index in [0.717, 1.165) is 74.2 Å². The van der Waals surface area contributed by atoms with E-state index in [0.29, 0.717) is 23.5 Å². The van der Waals surface area contributed by atoms with Crippen LogP contribution in [-0.4, -0.2) is 42.9 Å². The zero-order chi connectivity index (χ0) is 30.9. The molecular weight excluding hydrogens is 575 g/mol. The Kier molecular flexibility index (Phi) is 8.88. The van der Waals surface area contributed by atoms with Crippen molar-refractivity contribution in [3.8, 4) is 11.5 Å². The van der Waals surface area contributed by atoms with Crippen LogP contribution in [0.2, 0.25) is 0 Å². The molecule has 6 rings (SSSR count). The summed E-state index contributed by atoms with van der Waals surface area (Å²) in [5.41, 5.74) is 1.85. The lowest BCUT2D eigenvalue weighted by Gasteiger charge is -2.44.